The Bertz CT molecular complexity index is 870. The zero-order chi connectivity index (χ0) is 18.6. The van der Waals surface area contributed by atoms with Crippen molar-refractivity contribution >= 4 is 21.5 Å². The van der Waals surface area contributed by atoms with Gasteiger partial charge < -0.3 is 15.4 Å². The average molecular weight is 376 g/mol. The first-order valence-electron chi connectivity index (χ1n) is 8.63. The molecule has 7 nitrogen and oxygen atoms in total. The second kappa shape index (κ2) is 7.90. The van der Waals surface area contributed by atoms with E-state index in [4.69, 9.17) is 4.74 Å². The highest BCUT2D eigenvalue weighted by Gasteiger charge is 2.28. The van der Waals surface area contributed by atoms with Crippen LogP contribution in [0.3, 0.4) is 0 Å². The van der Waals surface area contributed by atoms with Crippen LogP contribution in [-0.4, -0.2) is 49.6 Å². The van der Waals surface area contributed by atoms with Crippen LogP contribution in [0.2, 0.25) is 0 Å². The molecular weight excluding hydrogens is 352 g/mol. The lowest BCUT2D eigenvalue weighted by molar-refractivity contribution is 0.410. The highest BCUT2D eigenvalue weighted by atomic mass is 32.2. The number of nitrogens with one attached hydrogen (secondary N) is 2. The molecule has 1 fully saturated rings. The summed E-state index contributed by atoms with van der Waals surface area (Å²) < 4.78 is 28.6. The molecule has 0 amide bonds. The lowest BCUT2D eigenvalue weighted by atomic mass is 10.1. The van der Waals surface area contributed by atoms with Crippen LogP contribution in [0, 0.1) is 6.92 Å². The van der Waals surface area contributed by atoms with Crippen molar-refractivity contribution in [3.05, 3.63) is 41.7 Å². The summed E-state index contributed by atoms with van der Waals surface area (Å²) in [7, 11) is -1.25. The molecule has 2 aromatic rings. The van der Waals surface area contributed by atoms with Gasteiger partial charge in [-0.3, -0.25) is 0 Å². The van der Waals surface area contributed by atoms with Crippen molar-refractivity contribution in [1.29, 1.82) is 0 Å². The van der Waals surface area contributed by atoms with Gasteiger partial charge >= 0.3 is 0 Å². The predicted octanol–water partition coefficient (Wildman–Crippen LogP) is 2.05. The normalized spacial score (nSPS) is 18.5. The molecule has 1 saturated heterocycles. The minimum atomic E-state index is -2.92. The van der Waals surface area contributed by atoms with Gasteiger partial charge in [0.15, 0.2) is 9.84 Å². The Morgan fingerprint density at radius 2 is 2.00 bits per heavy atom. The molecule has 2 heterocycles. The zero-order valence-corrected chi connectivity index (χ0v) is 15.8. The summed E-state index contributed by atoms with van der Waals surface area (Å²) in [5.74, 6) is 3.27. The van der Waals surface area contributed by atoms with Crippen LogP contribution in [-0.2, 0) is 16.3 Å². The first-order valence-corrected chi connectivity index (χ1v) is 10.5. The van der Waals surface area contributed by atoms with Gasteiger partial charge in [0.2, 0.25) is 0 Å². The average Bonchev–Trinajstić information content (AvgIpc) is 2.93. The number of aromatic nitrogens is 2. The summed E-state index contributed by atoms with van der Waals surface area (Å²) in [6.07, 6.45) is 1.42. The smallest absolute Gasteiger partial charge is 0.152 e. The monoisotopic (exact) mass is 376 g/mol. The Balaban J connectivity index is 1.61. The maximum absolute atomic E-state index is 11.6. The Morgan fingerprint density at radius 1 is 1.23 bits per heavy atom. The van der Waals surface area contributed by atoms with Crippen LogP contribution >= 0.6 is 0 Å². The number of benzene rings is 1. The van der Waals surface area contributed by atoms with Gasteiger partial charge in [0.05, 0.1) is 18.6 Å². The standard InChI is InChI=1S/C18H24N4O3S/c1-13-20-17(19-9-7-14-5-3-4-6-16(14)25-2)11-18(21-13)22-15-8-10-26(23,24)12-15/h3-6,11,15H,7-10,12H2,1-2H3,(H2,19,20,21,22). The highest BCUT2D eigenvalue weighted by molar-refractivity contribution is 7.91. The molecule has 0 saturated carbocycles. The Labute approximate surface area is 154 Å². The first-order chi connectivity index (χ1) is 12.4. The predicted molar refractivity (Wildman–Crippen MR) is 103 cm³/mol. The van der Waals surface area contributed by atoms with Crippen LogP contribution < -0.4 is 15.4 Å². The highest BCUT2D eigenvalue weighted by Crippen LogP contribution is 2.20. The van der Waals surface area contributed by atoms with Gasteiger partial charge in [-0.25, -0.2) is 18.4 Å². The second-order valence-corrected chi connectivity index (χ2v) is 8.65. The number of rotatable bonds is 7. The molecule has 1 aromatic carbocycles. The molecule has 0 bridgehead atoms. The van der Waals surface area contributed by atoms with Crippen LogP contribution in [0.1, 0.15) is 17.8 Å². The third-order valence-corrected chi connectivity index (χ3v) is 6.08. The molecular formula is C18H24N4O3S. The van der Waals surface area contributed by atoms with E-state index >= 15 is 0 Å². The first kappa shape index (κ1) is 18.4. The molecule has 0 spiro atoms. The Hall–Kier alpha value is -2.35. The molecule has 0 aliphatic carbocycles. The molecule has 8 heteroatoms. The van der Waals surface area contributed by atoms with Crippen LogP contribution in [0.5, 0.6) is 5.75 Å². The molecule has 3 rings (SSSR count). The molecule has 26 heavy (non-hydrogen) atoms. The van der Waals surface area contributed by atoms with Crippen LogP contribution in [0.15, 0.2) is 30.3 Å². The number of sulfone groups is 1. The minimum Gasteiger partial charge on any atom is -0.496 e. The van der Waals surface area contributed by atoms with Crippen molar-refractivity contribution < 1.29 is 13.2 Å². The van der Waals surface area contributed by atoms with E-state index in [1.807, 2.05) is 37.3 Å². The van der Waals surface area contributed by atoms with Gasteiger partial charge in [-0.2, -0.15) is 0 Å². The summed E-state index contributed by atoms with van der Waals surface area (Å²) in [5, 5.41) is 6.52. The number of methoxy groups -OCH3 is 1. The molecule has 1 aliphatic rings. The van der Waals surface area contributed by atoms with Gasteiger partial charge in [-0.1, -0.05) is 18.2 Å². The van der Waals surface area contributed by atoms with Crippen LogP contribution in [0.4, 0.5) is 11.6 Å². The lowest BCUT2D eigenvalue weighted by Crippen LogP contribution is -2.21. The fourth-order valence-electron chi connectivity index (χ4n) is 3.08. The third kappa shape index (κ3) is 4.85. The van der Waals surface area contributed by atoms with Crippen molar-refractivity contribution in [2.45, 2.75) is 25.8 Å². The van der Waals surface area contributed by atoms with E-state index in [2.05, 4.69) is 20.6 Å². The largest absolute Gasteiger partial charge is 0.496 e. The SMILES string of the molecule is COc1ccccc1CCNc1cc(NC2CCS(=O)(=O)C2)nc(C)n1. The molecule has 1 atom stereocenters. The minimum absolute atomic E-state index is 0.0873. The van der Waals surface area contributed by atoms with Gasteiger partial charge in [0, 0.05) is 18.7 Å². The summed E-state index contributed by atoms with van der Waals surface area (Å²) >= 11 is 0. The van der Waals surface area contributed by atoms with E-state index in [9.17, 15) is 8.42 Å². The maximum Gasteiger partial charge on any atom is 0.152 e. The van der Waals surface area contributed by atoms with E-state index in [1.54, 1.807) is 7.11 Å². The summed E-state index contributed by atoms with van der Waals surface area (Å²) in [6.45, 7) is 2.52. The second-order valence-electron chi connectivity index (χ2n) is 6.42. The number of aryl methyl sites for hydroxylation is 1. The van der Waals surface area contributed by atoms with E-state index in [0.717, 1.165) is 23.6 Å². The van der Waals surface area contributed by atoms with E-state index in [-0.39, 0.29) is 17.5 Å². The molecule has 0 radical (unpaired) electrons. The van der Waals surface area contributed by atoms with Crippen molar-refractivity contribution in [2.24, 2.45) is 0 Å². The molecule has 2 N–H and O–H groups in total. The van der Waals surface area contributed by atoms with Crippen molar-refractivity contribution in [2.75, 3.05) is 35.8 Å². The number of hydrogen-bond donors (Lipinski definition) is 2. The lowest BCUT2D eigenvalue weighted by Gasteiger charge is -2.14. The quantitative estimate of drug-likeness (QED) is 0.764. The Morgan fingerprint density at radius 3 is 2.73 bits per heavy atom. The van der Waals surface area contributed by atoms with Gasteiger partial charge in [0.25, 0.3) is 0 Å². The maximum atomic E-state index is 11.6. The number of nitrogens with zero attached hydrogens (tertiary/aromatic N) is 2. The van der Waals surface area contributed by atoms with Crippen molar-refractivity contribution in [1.82, 2.24) is 9.97 Å². The number of hydrogen-bond acceptors (Lipinski definition) is 7. The third-order valence-electron chi connectivity index (χ3n) is 4.32. The molecule has 1 aromatic heterocycles. The fraction of sp³-hybridized carbons (Fsp3) is 0.444. The number of ether oxygens (including phenoxy) is 1. The van der Waals surface area contributed by atoms with E-state index in [1.165, 1.54) is 0 Å². The van der Waals surface area contributed by atoms with Crippen LogP contribution in [0.25, 0.3) is 0 Å². The number of anilines is 2. The molecule has 1 aliphatic heterocycles. The number of para-hydroxylation sites is 1. The van der Waals surface area contributed by atoms with Gasteiger partial charge in [-0.15, -0.1) is 0 Å². The zero-order valence-electron chi connectivity index (χ0n) is 15.0. The van der Waals surface area contributed by atoms with Crippen molar-refractivity contribution in [3.63, 3.8) is 0 Å². The summed E-state index contributed by atoms with van der Waals surface area (Å²) in [6, 6.07) is 9.66. The fourth-order valence-corrected chi connectivity index (χ4v) is 4.76. The van der Waals surface area contributed by atoms with E-state index < -0.39 is 9.84 Å². The molecule has 140 valence electrons. The topological polar surface area (TPSA) is 93.2 Å². The van der Waals surface area contributed by atoms with Gasteiger partial charge in [0.1, 0.15) is 23.2 Å². The van der Waals surface area contributed by atoms with E-state index in [0.29, 0.717) is 24.6 Å². The summed E-state index contributed by atoms with van der Waals surface area (Å²) in [5.41, 5.74) is 1.13. The summed E-state index contributed by atoms with van der Waals surface area (Å²) in [4.78, 5) is 8.76. The molecule has 1 unspecified atom stereocenters. The Kier molecular flexibility index (Phi) is 5.61. The van der Waals surface area contributed by atoms with Crippen molar-refractivity contribution in [3.8, 4) is 5.75 Å². The van der Waals surface area contributed by atoms with Gasteiger partial charge in [-0.05, 0) is 31.4 Å².